The lowest BCUT2D eigenvalue weighted by molar-refractivity contribution is 0.200. The predicted molar refractivity (Wildman–Crippen MR) is 158 cm³/mol. The first-order valence-corrected chi connectivity index (χ1v) is 17.4. The molecule has 36 heavy (non-hydrogen) atoms. The van der Waals surface area contributed by atoms with E-state index in [1.165, 1.54) is 69.8 Å². The van der Waals surface area contributed by atoms with E-state index < -0.39 is 13.3 Å². The average molecular weight is 561 g/mol. The van der Waals surface area contributed by atoms with E-state index in [0.717, 1.165) is 30.6 Å². The molecule has 5 nitrogen and oxygen atoms in total. The summed E-state index contributed by atoms with van der Waals surface area (Å²) in [6.45, 7) is 6.40. The fourth-order valence-corrected chi connectivity index (χ4v) is 8.13. The van der Waals surface area contributed by atoms with Crippen LogP contribution in [0.15, 0.2) is 30.3 Å². The van der Waals surface area contributed by atoms with Crippen LogP contribution in [-0.2, 0) is 13.1 Å². The largest absolute Gasteiger partial charge is 0.472 e. The monoisotopic (exact) mass is 560 g/mol. The number of unbranched alkanes of at least 4 members (excludes halogenated alkanes) is 9. The molecule has 1 aromatic carbocycles. The Labute approximate surface area is 229 Å². The van der Waals surface area contributed by atoms with Crippen molar-refractivity contribution in [2.24, 2.45) is 0 Å². The molecule has 208 valence electrons. The minimum absolute atomic E-state index is 0.0966. The minimum atomic E-state index is -4.18. The van der Waals surface area contributed by atoms with Crippen molar-refractivity contribution in [3.63, 3.8) is 0 Å². The molecule has 0 amide bonds. The van der Waals surface area contributed by atoms with Crippen LogP contribution in [0.5, 0.6) is 0 Å². The van der Waals surface area contributed by atoms with Crippen molar-refractivity contribution in [2.45, 2.75) is 115 Å². The van der Waals surface area contributed by atoms with Gasteiger partial charge in [-0.15, -0.1) is 0 Å². The second-order valence-electron chi connectivity index (χ2n) is 9.37. The van der Waals surface area contributed by atoms with Gasteiger partial charge in [0.05, 0.1) is 6.61 Å². The second kappa shape index (κ2) is 21.5. The smallest absolute Gasteiger partial charge is 0.449 e. The van der Waals surface area contributed by atoms with Gasteiger partial charge < -0.3 is 9.63 Å². The number of rotatable bonds is 24. The Morgan fingerprint density at radius 1 is 0.889 bits per heavy atom. The number of benzene rings is 1. The second-order valence-corrected chi connectivity index (χ2v) is 13.5. The summed E-state index contributed by atoms with van der Waals surface area (Å²) in [4.78, 5) is 11.5. The Morgan fingerprint density at radius 3 is 2.06 bits per heavy atom. The summed E-state index contributed by atoms with van der Waals surface area (Å²) in [7, 11) is -4.18. The van der Waals surface area contributed by atoms with Crippen molar-refractivity contribution < 1.29 is 23.0 Å². The van der Waals surface area contributed by atoms with Gasteiger partial charge in [0.1, 0.15) is 0 Å². The van der Waals surface area contributed by atoms with Gasteiger partial charge in [-0.05, 0) is 30.6 Å². The van der Waals surface area contributed by atoms with Gasteiger partial charge in [0.15, 0.2) is 0 Å². The third kappa shape index (κ3) is 14.5. The Bertz CT molecular complexity index is 719. The maximum atomic E-state index is 12.6. The molecular formula is C28H49O5PS2. The molecule has 0 radical (unpaired) electrons. The van der Waals surface area contributed by atoms with E-state index in [2.05, 4.69) is 26.0 Å². The van der Waals surface area contributed by atoms with Gasteiger partial charge in [-0.3, -0.25) is 0 Å². The average Bonchev–Trinajstić information content (AvgIpc) is 2.88. The van der Waals surface area contributed by atoms with Gasteiger partial charge in [-0.25, -0.2) is 13.3 Å². The highest BCUT2D eigenvalue weighted by Crippen LogP contribution is 2.53. The fourth-order valence-electron chi connectivity index (χ4n) is 4.12. The molecule has 0 saturated heterocycles. The predicted octanol–water partition coefficient (Wildman–Crippen LogP) is 10.6. The molecule has 1 aromatic rings. The molecule has 8 heteroatoms. The summed E-state index contributed by atoms with van der Waals surface area (Å²) in [5, 5.41) is 9.77. The molecule has 3 atom stereocenters. The van der Waals surface area contributed by atoms with E-state index >= 15 is 0 Å². The Kier molecular flexibility index (Phi) is 20.0. The van der Waals surface area contributed by atoms with E-state index in [-0.39, 0.29) is 12.5 Å². The van der Waals surface area contributed by atoms with E-state index in [1.54, 1.807) is 0 Å². The molecule has 0 spiro atoms. The fraction of sp³-hybridized carbons (Fsp3) is 0.750. The number of carbonyl (C=O) groups is 1. The van der Waals surface area contributed by atoms with Gasteiger partial charge in [-0.2, -0.15) is 11.8 Å². The number of carboxylic acid groups (broad SMARTS) is 1. The zero-order valence-electron chi connectivity index (χ0n) is 22.7. The zero-order chi connectivity index (χ0) is 26.5. The number of hydrogen-bond donors (Lipinski definition) is 1. The highest BCUT2D eigenvalue weighted by atomic mass is 32.2. The summed E-state index contributed by atoms with van der Waals surface area (Å²) < 4.78 is 23.0. The molecule has 1 N–H and O–H groups in total. The first-order valence-electron chi connectivity index (χ1n) is 13.9. The van der Waals surface area contributed by atoms with Crippen molar-refractivity contribution >= 4 is 37.1 Å². The maximum absolute atomic E-state index is 12.6. The summed E-state index contributed by atoms with van der Waals surface area (Å²) in [5.74, 6) is 1.84. The van der Waals surface area contributed by atoms with Crippen LogP contribution in [0.25, 0.3) is 0 Å². The van der Waals surface area contributed by atoms with E-state index in [9.17, 15) is 14.5 Å². The lowest BCUT2D eigenvalue weighted by Crippen LogP contribution is -2.19. The molecule has 0 aromatic heterocycles. The molecule has 3 unspecified atom stereocenters. The first kappa shape index (κ1) is 33.6. The SMILES string of the molecule is CCCCCCCCCCCCSC(CCC)C(CSOP(=O)(OCCC)C(=O)O)c1ccccc1. The van der Waals surface area contributed by atoms with E-state index in [4.69, 9.17) is 8.49 Å². The van der Waals surface area contributed by atoms with E-state index in [1.807, 2.05) is 36.9 Å². The Morgan fingerprint density at radius 2 is 1.50 bits per heavy atom. The van der Waals surface area contributed by atoms with Crippen LogP contribution < -0.4 is 0 Å². The molecule has 0 aliphatic carbocycles. The van der Waals surface area contributed by atoms with Crippen molar-refractivity contribution in [1.82, 2.24) is 0 Å². The van der Waals surface area contributed by atoms with E-state index in [0.29, 0.717) is 17.4 Å². The normalized spacial score (nSPS) is 14.9. The van der Waals surface area contributed by atoms with Crippen LogP contribution >= 0.6 is 31.4 Å². The molecule has 0 aliphatic heterocycles. The number of hydrogen-bond acceptors (Lipinski definition) is 6. The van der Waals surface area contributed by atoms with Crippen molar-refractivity contribution in [1.29, 1.82) is 0 Å². The first-order chi connectivity index (χ1) is 17.5. The number of thioether (sulfide) groups is 1. The molecule has 0 saturated carbocycles. The van der Waals surface area contributed by atoms with Crippen LogP contribution in [0.4, 0.5) is 4.79 Å². The molecule has 0 aliphatic rings. The molecular weight excluding hydrogens is 511 g/mol. The Balaban J connectivity index is 2.58. The van der Waals surface area contributed by atoms with Gasteiger partial charge >= 0.3 is 13.3 Å². The maximum Gasteiger partial charge on any atom is 0.449 e. The van der Waals surface area contributed by atoms with Crippen LogP contribution in [0.3, 0.4) is 0 Å². The highest BCUT2D eigenvalue weighted by Gasteiger charge is 2.36. The lowest BCUT2D eigenvalue weighted by atomic mass is 9.95. The van der Waals surface area contributed by atoms with Crippen LogP contribution in [0.1, 0.15) is 116 Å². The summed E-state index contributed by atoms with van der Waals surface area (Å²) >= 11 is 2.99. The third-order valence-electron chi connectivity index (χ3n) is 6.18. The van der Waals surface area contributed by atoms with Gasteiger partial charge in [0.25, 0.3) is 0 Å². The molecule has 0 heterocycles. The van der Waals surface area contributed by atoms with Crippen molar-refractivity contribution in [3.8, 4) is 0 Å². The topological polar surface area (TPSA) is 72.8 Å². The minimum Gasteiger partial charge on any atom is -0.472 e. The zero-order valence-corrected chi connectivity index (χ0v) is 25.2. The highest BCUT2D eigenvalue weighted by molar-refractivity contribution is 8.00. The lowest BCUT2D eigenvalue weighted by Gasteiger charge is -2.27. The molecule has 0 fully saturated rings. The Hall–Kier alpha value is -0.460. The van der Waals surface area contributed by atoms with Gasteiger partial charge in [-0.1, -0.05) is 115 Å². The van der Waals surface area contributed by atoms with Crippen LogP contribution in [0.2, 0.25) is 0 Å². The van der Waals surface area contributed by atoms with Gasteiger partial charge in [0.2, 0.25) is 0 Å². The van der Waals surface area contributed by atoms with Crippen LogP contribution in [-0.4, -0.2) is 34.2 Å². The third-order valence-corrected chi connectivity index (χ3v) is 10.4. The molecule has 0 bridgehead atoms. The summed E-state index contributed by atoms with van der Waals surface area (Å²) in [6.07, 6.45) is 16.1. The van der Waals surface area contributed by atoms with Crippen molar-refractivity contribution in [2.75, 3.05) is 18.1 Å². The quantitative estimate of drug-likeness (QED) is 0.0765. The molecule has 1 rings (SSSR count). The summed E-state index contributed by atoms with van der Waals surface area (Å²) in [5.41, 5.74) is -0.317. The van der Waals surface area contributed by atoms with Crippen molar-refractivity contribution in [3.05, 3.63) is 35.9 Å². The van der Waals surface area contributed by atoms with Gasteiger partial charge in [0, 0.05) is 29.0 Å². The summed E-state index contributed by atoms with van der Waals surface area (Å²) in [6, 6.07) is 10.3. The van der Waals surface area contributed by atoms with Crippen LogP contribution in [0, 0.1) is 0 Å². The standard InChI is InChI=1S/C28H49O5PS2/c1-4-7-8-9-10-11-12-13-14-18-23-35-27(19-5-2)26(25-20-16-15-17-21-25)24-36-33-34(31,28(29)30)32-22-6-3/h15-17,20-21,26-27H,4-14,18-19,22-24H2,1-3H3,(H,29,30).